The van der Waals surface area contributed by atoms with Crippen molar-refractivity contribution in [1.29, 1.82) is 0 Å². The molecule has 2 heterocycles. The van der Waals surface area contributed by atoms with Gasteiger partial charge in [0.2, 0.25) is 0 Å². The van der Waals surface area contributed by atoms with Gasteiger partial charge >= 0.3 is 5.97 Å². The third kappa shape index (κ3) is 2.49. The van der Waals surface area contributed by atoms with E-state index >= 15 is 0 Å². The zero-order chi connectivity index (χ0) is 10.7. The van der Waals surface area contributed by atoms with Gasteiger partial charge in [0.1, 0.15) is 6.04 Å². The molecule has 2 fully saturated rings. The van der Waals surface area contributed by atoms with Crippen molar-refractivity contribution in [2.75, 3.05) is 19.6 Å². The standard InChI is InChI=1S/C11H20N2O2/c14-11(15)10-5-1-2-7-13(10)9-4-3-6-12-8-9/h9-10,12H,1-8H2,(H,14,15). The summed E-state index contributed by atoms with van der Waals surface area (Å²) in [6, 6.07) is 0.212. The molecule has 0 aliphatic carbocycles. The Morgan fingerprint density at radius 3 is 2.80 bits per heavy atom. The van der Waals surface area contributed by atoms with Gasteiger partial charge in [-0.1, -0.05) is 6.42 Å². The molecule has 2 unspecified atom stereocenters. The summed E-state index contributed by atoms with van der Waals surface area (Å²) in [6.45, 7) is 3.01. The molecule has 15 heavy (non-hydrogen) atoms. The summed E-state index contributed by atoms with van der Waals surface area (Å²) in [5.74, 6) is -0.639. The molecule has 2 aliphatic rings. The number of carboxylic acids is 1. The van der Waals surface area contributed by atoms with E-state index in [1.807, 2.05) is 0 Å². The number of carboxylic acid groups (broad SMARTS) is 1. The number of hydrogen-bond acceptors (Lipinski definition) is 3. The summed E-state index contributed by atoms with van der Waals surface area (Å²) < 4.78 is 0. The molecule has 0 bridgehead atoms. The van der Waals surface area contributed by atoms with E-state index in [1.165, 1.54) is 6.42 Å². The number of piperidine rings is 2. The predicted octanol–water partition coefficient (Wildman–Crippen LogP) is 0.678. The first-order chi connectivity index (χ1) is 7.29. The minimum Gasteiger partial charge on any atom is -0.480 e. The average molecular weight is 212 g/mol. The number of aliphatic carboxylic acids is 1. The molecule has 2 saturated heterocycles. The van der Waals surface area contributed by atoms with Crippen LogP contribution in [0.25, 0.3) is 0 Å². The summed E-state index contributed by atoms with van der Waals surface area (Å²) in [6.07, 6.45) is 5.37. The quantitative estimate of drug-likeness (QED) is 0.706. The lowest BCUT2D eigenvalue weighted by Gasteiger charge is -2.40. The zero-order valence-electron chi connectivity index (χ0n) is 9.11. The average Bonchev–Trinajstić information content (AvgIpc) is 2.30. The fraction of sp³-hybridized carbons (Fsp3) is 0.909. The largest absolute Gasteiger partial charge is 0.480 e. The maximum atomic E-state index is 11.1. The minimum atomic E-state index is -0.639. The second-order valence-corrected chi connectivity index (χ2v) is 4.59. The van der Waals surface area contributed by atoms with E-state index in [9.17, 15) is 9.90 Å². The second-order valence-electron chi connectivity index (χ2n) is 4.59. The summed E-state index contributed by atoms with van der Waals surface area (Å²) in [5.41, 5.74) is 0. The van der Waals surface area contributed by atoms with Gasteiger partial charge in [0.25, 0.3) is 0 Å². The predicted molar refractivity (Wildman–Crippen MR) is 57.9 cm³/mol. The maximum Gasteiger partial charge on any atom is 0.320 e. The van der Waals surface area contributed by atoms with Gasteiger partial charge in [-0.15, -0.1) is 0 Å². The van der Waals surface area contributed by atoms with Crippen molar-refractivity contribution in [3.63, 3.8) is 0 Å². The third-order valence-electron chi connectivity index (χ3n) is 3.57. The Kier molecular flexibility index (Phi) is 3.59. The van der Waals surface area contributed by atoms with Crippen molar-refractivity contribution in [3.05, 3.63) is 0 Å². The topological polar surface area (TPSA) is 52.6 Å². The molecular formula is C11H20N2O2. The van der Waals surface area contributed by atoms with Gasteiger partial charge in [0.05, 0.1) is 0 Å². The summed E-state index contributed by atoms with van der Waals surface area (Å²) in [4.78, 5) is 13.4. The normalized spacial score (nSPS) is 33.9. The smallest absolute Gasteiger partial charge is 0.320 e. The van der Waals surface area contributed by atoms with Crippen molar-refractivity contribution in [2.45, 2.75) is 44.2 Å². The van der Waals surface area contributed by atoms with E-state index < -0.39 is 5.97 Å². The van der Waals surface area contributed by atoms with Crippen LogP contribution >= 0.6 is 0 Å². The molecule has 4 nitrogen and oxygen atoms in total. The first-order valence-electron chi connectivity index (χ1n) is 5.98. The lowest BCUT2D eigenvalue weighted by atomic mass is 9.96. The Bertz CT molecular complexity index is 227. The van der Waals surface area contributed by atoms with Crippen molar-refractivity contribution < 1.29 is 9.90 Å². The molecule has 0 aromatic rings. The van der Waals surface area contributed by atoms with E-state index in [1.54, 1.807) is 0 Å². The lowest BCUT2D eigenvalue weighted by Crippen LogP contribution is -2.54. The van der Waals surface area contributed by atoms with Gasteiger partial charge in [0, 0.05) is 12.6 Å². The number of likely N-dealkylation sites (tertiary alicyclic amines) is 1. The molecule has 86 valence electrons. The van der Waals surface area contributed by atoms with Crippen LogP contribution < -0.4 is 5.32 Å². The van der Waals surface area contributed by atoms with Crippen molar-refractivity contribution >= 4 is 5.97 Å². The molecule has 0 aromatic carbocycles. The highest BCUT2D eigenvalue weighted by atomic mass is 16.4. The van der Waals surface area contributed by atoms with Crippen molar-refractivity contribution in [2.24, 2.45) is 0 Å². The van der Waals surface area contributed by atoms with Crippen LogP contribution in [0.3, 0.4) is 0 Å². The van der Waals surface area contributed by atoms with Gasteiger partial charge in [-0.2, -0.15) is 0 Å². The van der Waals surface area contributed by atoms with Crippen LogP contribution in [0.4, 0.5) is 0 Å². The van der Waals surface area contributed by atoms with Crippen LogP contribution in [0.15, 0.2) is 0 Å². The summed E-state index contributed by atoms with van der Waals surface area (Å²) in [7, 11) is 0. The van der Waals surface area contributed by atoms with Crippen molar-refractivity contribution in [1.82, 2.24) is 10.2 Å². The monoisotopic (exact) mass is 212 g/mol. The third-order valence-corrected chi connectivity index (χ3v) is 3.57. The highest BCUT2D eigenvalue weighted by Crippen LogP contribution is 2.22. The molecule has 2 atom stereocenters. The minimum absolute atomic E-state index is 0.233. The Balaban J connectivity index is 1.99. The van der Waals surface area contributed by atoms with Gasteiger partial charge in [0.15, 0.2) is 0 Å². The first-order valence-corrected chi connectivity index (χ1v) is 5.98. The van der Waals surface area contributed by atoms with E-state index in [0.29, 0.717) is 6.04 Å². The molecule has 0 saturated carbocycles. The Hall–Kier alpha value is -0.610. The van der Waals surface area contributed by atoms with Crippen molar-refractivity contribution in [3.8, 4) is 0 Å². The van der Waals surface area contributed by atoms with Crippen LogP contribution in [0.5, 0.6) is 0 Å². The molecule has 0 amide bonds. The Morgan fingerprint density at radius 2 is 2.13 bits per heavy atom. The number of carbonyl (C=O) groups is 1. The van der Waals surface area contributed by atoms with Crippen LogP contribution in [0, 0.1) is 0 Å². The van der Waals surface area contributed by atoms with Gasteiger partial charge in [-0.3, -0.25) is 9.69 Å². The zero-order valence-corrected chi connectivity index (χ0v) is 9.11. The fourth-order valence-corrected chi connectivity index (χ4v) is 2.77. The van der Waals surface area contributed by atoms with E-state index in [0.717, 1.165) is 45.3 Å². The first kappa shape index (κ1) is 10.9. The highest BCUT2D eigenvalue weighted by Gasteiger charge is 2.33. The van der Waals surface area contributed by atoms with Crippen LogP contribution in [-0.2, 0) is 4.79 Å². The Morgan fingerprint density at radius 1 is 1.27 bits per heavy atom. The van der Waals surface area contributed by atoms with Gasteiger partial charge < -0.3 is 10.4 Å². The number of nitrogens with zero attached hydrogens (tertiary/aromatic N) is 1. The van der Waals surface area contributed by atoms with E-state index in [2.05, 4.69) is 10.2 Å². The molecular weight excluding hydrogens is 192 g/mol. The molecule has 2 N–H and O–H groups in total. The van der Waals surface area contributed by atoms with Crippen LogP contribution in [0.2, 0.25) is 0 Å². The Labute approximate surface area is 90.6 Å². The molecule has 2 aliphatic heterocycles. The fourth-order valence-electron chi connectivity index (χ4n) is 2.77. The molecule has 0 spiro atoms. The summed E-state index contributed by atoms with van der Waals surface area (Å²) in [5, 5.41) is 12.5. The molecule has 4 heteroatoms. The number of nitrogens with one attached hydrogen (secondary N) is 1. The summed E-state index contributed by atoms with van der Waals surface area (Å²) >= 11 is 0. The van der Waals surface area contributed by atoms with E-state index in [4.69, 9.17) is 0 Å². The highest BCUT2D eigenvalue weighted by molar-refractivity contribution is 5.73. The second kappa shape index (κ2) is 4.94. The van der Waals surface area contributed by atoms with Crippen LogP contribution in [-0.4, -0.2) is 47.7 Å². The van der Waals surface area contributed by atoms with Gasteiger partial charge in [-0.25, -0.2) is 0 Å². The molecule has 0 radical (unpaired) electrons. The molecule has 0 aromatic heterocycles. The van der Waals surface area contributed by atoms with E-state index in [-0.39, 0.29) is 6.04 Å². The SMILES string of the molecule is O=C(O)C1CCCCN1C1CCCNC1. The van der Waals surface area contributed by atoms with Crippen LogP contribution in [0.1, 0.15) is 32.1 Å². The maximum absolute atomic E-state index is 11.1. The lowest BCUT2D eigenvalue weighted by molar-refractivity contribution is -0.146. The molecule has 2 rings (SSSR count). The van der Waals surface area contributed by atoms with Gasteiger partial charge in [-0.05, 0) is 38.8 Å². The number of rotatable bonds is 2. The number of hydrogen-bond donors (Lipinski definition) is 2.